The van der Waals surface area contributed by atoms with Crippen LogP contribution in [-0.4, -0.2) is 46.2 Å². The van der Waals surface area contributed by atoms with Crippen molar-refractivity contribution in [2.24, 2.45) is 11.8 Å². The van der Waals surface area contributed by atoms with Gasteiger partial charge in [-0.15, -0.1) is 0 Å². The SMILES string of the molecule is CC(C)CCN1c2cccnc2-n2cccc2C12CCN(C(=O)C1CC(F)C1)C2. The minimum Gasteiger partial charge on any atom is -0.355 e. The van der Waals surface area contributed by atoms with E-state index in [1.54, 1.807) is 0 Å². The number of alkyl halides is 1. The van der Waals surface area contributed by atoms with Crippen molar-refractivity contribution in [3.63, 3.8) is 0 Å². The molecular weight excluding hydrogens is 367 g/mol. The quantitative estimate of drug-likeness (QED) is 0.787. The van der Waals surface area contributed by atoms with Crippen LogP contribution < -0.4 is 4.90 Å². The molecule has 29 heavy (non-hydrogen) atoms. The van der Waals surface area contributed by atoms with Gasteiger partial charge in [0.05, 0.1) is 11.4 Å². The van der Waals surface area contributed by atoms with Crippen molar-refractivity contribution in [1.29, 1.82) is 0 Å². The van der Waals surface area contributed by atoms with Gasteiger partial charge in [0, 0.05) is 37.9 Å². The smallest absolute Gasteiger partial charge is 0.225 e. The Morgan fingerprint density at radius 1 is 1.31 bits per heavy atom. The van der Waals surface area contributed by atoms with Gasteiger partial charge in [0.25, 0.3) is 0 Å². The summed E-state index contributed by atoms with van der Waals surface area (Å²) in [6.45, 7) is 6.82. The third-order valence-electron chi connectivity index (χ3n) is 6.95. The van der Waals surface area contributed by atoms with E-state index in [0.717, 1.165) is 37.4 Å². The Kier molecular flexibility index (Phi) is 4.41. The lowest BCUT2D eigenvalue weighted by Gasteiger charge is -2.47. The van der Waals surface area contributed by atoms with Gasteiger partial charge < -0.3 is 14.4 Å². The first-order chi connectivity index (χ1) is 14.0. The summed E-state index contributed by atoms with van der Waals surface area (Å²) in [7, 11) is 0. The average molecular weight is 397 g/mol. The maximum atomic E-state index is 13.3. The maximum Gasteiger partial charge on any atom is 0.225 e. The summed E-state index contributed by atoms with van der Waals surface area (Å²) in [5.41, 5.74) is 2.10. The summed E-state index contributed by atoms with van der Waals surface area (Å²) in [5, 5.41) is 0. The average Bonchev–Trinajstić information content (AvgIpc) is 3.33. The fourth-order valence-electron chi connectivity index (χ4n) is 5.24. The lowest BCUT2D eigenvalue weighted by atomic mass is 9.82. The Hall–Kier alpha value is -2.37. The Balaban J connectivity index is 1.52. The summed E-state index contributed by atoms with van der Waals surface area (Å²) >= 11 is 0. The molecule has 3 aliphatic rings. The molecule has 1 spiro atoms. The number of rotatable bonds is 4. The molecule has 2 aromatic rings. The molecule has 154 valence electrons. The molecule has 1 unspecified atom stereocenters. The first kappa shape index (κ1) is 18.6. The van der Waals surface area contributed by atoms with Crippen molar-refractivity contribution in [2.45, 2.75) is 51.2 Å². The standard InChI is InChI=1S/C23H29FN4O/c1-16(2)7-11-28-19-5-3-9-25-21(19)27-10-4-6-20(27)23(28)8-12-26(15-23)22(29)17-13-18(24)14-17/h3-6,9-10,16-18H,7-8,11-15H2,1-2H3. The Labute approximate surface area is 171 Å². The second kappa shape index (κ2) is 6.85. The first-order valence-electron chi connectivity index (χ1n) is 10.8. The predicted octanol–water partition coefficient (Wildman–Crippen LogP) is 3.91. The van der Waals surface area contributed by atoms with Gasteiger partial charge in [-0.05, 0) is 55.9 Å². The molecule has 6 heteroatoms. The minimum absolute atomic E-state index is 0.131. The van der Waals surface area contributed by atoms with Crippen LogP contribution in [0.4, 0.5) is 10.1 Å². The van der Waals surface area contributed by atoms with E-state index in [0.29, 0.717) is 25.3 Å². The Morgan fingerprint density at radius 3 is 2.90 bits per heavy atom. The van der Waals surface area contributed by atoms with Crippen LogP contribution in [0.1, 0.15) is 45.2 Å². The molecule has 2 aliphatic heterocycles. The van der Waals surface area contributed by atoms with Gasteiger partial charge >= 0.3 is 0 Å². The van der Waals surface area contributed by atoms with Crippen molar-refractivity contribution in [3.05, 3.63) is 42.4 Å². The van der Waals surface area contributed by atoms with E-state index in [2.05, 4.69) is 52.7 Å². The number of nitrogens with zero attached hydrogens (tertiary/aromatic N) is 4. The maximum absolute atomic E-state index is 13.3. The number of anilines is 1. The zero-order valence-electron chi connectivity index (χ0n) is 17.2. The van der Waals surface area contributed by atoms with E-state index in [4.69, 9.17) is 0 Å². The third kappa shape index (κ3) is 2.87. The molecule has 1 amide bonds. The number of carbonyl (C=O) groups excluding carboxylic acids is 1. The second-order valence-electron chi connectivity index (χ2n) is 9.25. The molecule has 5 rings (SSSR count). The monoisotopic (exact) mass is 396 g/mol. The molecule has 1 saturated heterocycles. The number of hydrogen-bond donors (Lipinski definition) is 0. The molecule has 5 nitrogen and oxygen atoms in total. The summed E-state index contributed by atoms with van der Waals surface area (Å²) in [5.74, 6) is 1.56. The molecule has 1 aliphatic carbocycles. The van der Waals surface area contributed by atoms with Crippen LogP contribution >= 0.6 is 0 Å². The van der Waals surface area contributed by atoms with Gasteiger partial charge in [0.1, 0.15) is 11.7 Å². The number of pyridine rings is 1. The van der Waals surface area contributed by atoms with Gasteiger partial charge in [0.2, 0.25) is 5.91 Å². The van der Waals surface area contributed by atoms with Gasteiger partial charge in [0.15, 0.2) is 5.82 Å². The van der Waals surface area contributed by atoms with Crippen molar-refractivity contribution >= 4 is 11.6 Å². The highest BCUT2D eigenvalue weighted by Gasteiger charge is 2.52. The molecule has 0 bridgehead atoms. The largest absolute Gasteiger partial charge is 0.355 e. The topological polar surface area (TPSA) is 41.4 Å². The molecule has 2 aromatic heterocycles. The van der Waals surface area contributed by atoms with E-state index < -0.39 is 6.17 Å². The van der Waals surface area contributed by atoms with Crippen LogP contribution in [0.25, 0.3) is 5.82 Å². The summed E-state index contributed by atoms with van der Waals surface area (Å²) in [4.78, 5) is 22.1. The fourth-order valence-corrected chi connectivity index (χ4v) is 5.24. The number of aromatic nitrogens is 2. The van der Waals surface area contributed by atoms with Crippen LogP contribution in [0.2, 0.25) is 0 Å². The number of likely N-dealkylation sites (tertiary alicyclic amines) is 1. The number of amides is 1. The highest BCUT2D eigenvalue weighted by molar-refractivity contribution is 5.81. The zero-order chi connectivity index (χ0) is 20.2. The highest BCUT2D eigenvalue weighted by atomic mass is 19.1. The first-order valence-corrected chi connectivity index (χ1v) is 10.8. The van der Waals surface area contributed by atoms with E-state index in [-0.39, 0.29) is 17.4 Å². The van der Waals surface area contributed by atoms with E-state index in [9.17, 15) is 9.18 Å². The molecule has 1 atom stereocenters. The van der Waals surface area contributed by atoms with Gasteiger partial charge in [-0.1, -0.05) is 13.8 Å². The number of hydrogen-bond acceptors (Lipinski definition) is 3. The van der Waals surface area contributed by atoms with Gasteiger partial charge in [-0.3, -0.25) is 4.79 Å². The third-order valence-corrected chi connectivity index (χ3v) is 6.95. The number of carbonyl (C=O) groups is 1. The van der Waals surface area contributed by atoms with E-state index in [1.165, 1.54) is 5.69 Å². The van der Waals surface area contributed by atoms with Gasteiger partial charge in [-0.2, -0.15) is 0 Å². The lowest BCUT2D eigenvalue weighted by molar-refractivity contribution is -0.139. The molecule has 1 saturated carbocycles. The minimum atomic E-state index is -0.798. The lowest BCUT2D eigenvalue weighted by Crippen LogP contribution is -2.54. The highest BCUT2D eigenvalue weighted by Crippen LogP contribution is 2.48. The van der Waals surface area contributed by atoms with Crippen molar-refractivity contribution in [2.75, 3.05) is 24.5 Å². The van der Waals surface area contributed by atoms with Crippen LogP contribution in [0.3, 0.4) is 0 Å². The molecule has 0 N–H and O–H groups in total. The molecule has 4 heterocycles. The predicted molar refractivity (Wildman–Crippen MR) is 111 cm³/mol. The van der Waals surface area contributed by atoms with Crippen molar-refractivity contribution < 1.29 is 9.18 Å². The van der Waals surface area contributed by atoms with Crippen LogP contribution in [-0.2, 0) is 10.3 Å². The molecule has 0 aromatic carbocycles. The van der Waals surface area contributed by atoms with Crippen LogP contribution in [0.15, 0.2) is 36.7 Å². The Bertz CT molecular complexity index is 919. The van der Waals surface area contributed by atoms with E-state index >= 15 is 0 Å². The Morgan fingerprint density at radius 2 is 2.14 bits per heavy atom. The van der Waals surface area contributed by atoms with Gasteiger partial charge in [-0.25, -0.2) is 9.37 Å². The van der Waals surface area contributed by atoms with Crippen LogP contribution in [0.5, 0.6) is 0 Å². The molecule has 0 radical (unpaired) electrons. The second-order valence-corrected chi connectivity index (χ2v) is 9.25. The fraction of sp³-hybridized carbons (Fsp3) is 0.565. The normalized spacial score (nSPS) is 27.9. The summed E-state index contributed by atoms with van der Waals surface area (Å²) in [6, 6.07) is 8.40. The number of fused-ring (bicyclic) bond motifs is 4. The molecule has 2 fully saturated rings. The van der Waals surface area contributed by atoms with Crippen LogP contribution in [0, 0.1) is 11.8 Å². The zero-order valence-corrected chi connectivity index (χ0v) is 17.2. The van der Waals surface area contributed by atoms with Crippen molar-refractivity contribution in [3.8, 4) is 5.82 Å². The summed E-state index contributed by atoms with van der Waals surface area (Å²) < 4.78 is 15.5. The van der Waals surface area contributed by atoms with E-state index in [1.807, 2.05) is 17.2 Å². The number of halogens is 1. The molecular formula is C23H29FN4O. The summed E-state index contributed by atoms with van der Waals surface area (Å²) in [6.07, 6.45) is 5.87. The van der Waals surface area contributed by atoms with Crippen molar-refractivity contribution in [1.82, 2.24) is 14.5 Å².